The predicted octanol–water partition coefficient (Wildman–Crippen LogP) is 5.43. The molecule has 3 aromatic carbocycles. The SMILES string of the molecule is COc1c(Cl)cc(/C(O)=C2\C(=O)C(=O)N(c3ccc4c(c3)OCO4)C2c2ccc(N(C)C)cc2)c(OC)c1Cl. The van der Waals surface area contributed by atoms with Crippen LogP contribution in [0.1, 0.15) is 17.2 Å². The van der Waals surface area contributed by atoms with E-state index in [0.717, 1.165) is 5.69 Å². The third-order valence-corrected chi connectivity index (χ3v) is 7.22. The molecule has 0 aliphatic carbocycles. The van der Waals surface area contributed by atoms with Crippen molar-refractivity contribution in [2.75, 3.05) is 44.9 Å². The van der Waals surface area contributed by atoms with Gasteiger partial charge >= 0.3 is 0 Å². The van der Waals surface area contributed by atoms with Gasteiger partial charge in [0, 0.05) is 31.5 Å². The van der Waals surface area contributed by atoms with Crippen molar-refractivity contribution in [1.29, 1.82) is 0 Å². The van der Waals surface area contributed by atoms with Crippen LogP contribution in [0.2, 0.25) is 10.0 Å². The van der Waals surface area contributed by atoms with Crippen LogP contribution >= 0.6 is 23.2 Å². The van der Waals surface area contributed by atoms with Crippen LogP contribution in [0.15, 0.2) is 54.1 Å². The number of aliphatic hydroxyl groups excluding tert-OH is 1. The van der Waals surface area contributed by atoms with Crippen LogP contribution < -0.4 is 28.7 Å². The van der Waals surface area contributed by atoms with Gasteiger partial charge in [-0.05, 0) is 35.9 Å². The van der Waals surface area contributed by atoms with E-state index < -0.39 is 23.5 Å². The highest BCUT2D eigenvalue weighted by molar-refractivity contribution is 6.52. The second-order valence-corrected chi connectivity index (χ2v) is 9.76. The number of hydrogen-bond donors (Lipinski definition) is 1. The Morgan fingerprint density at radius 1 is 0.974 bits per heavy atom. The summed E-state index contributed by atoms with van der Waals surface area (Å²) in [6.07, 6.45) is 0. The van der Waals surface area contributed by atoms with Crippen molar-refractivity contribution >= 4 is 52.0 Å². The molecule has 1 saturated heterocycles. The molecular formula is C28H24Cl2N2O7. The molecule has 1 N–H and O–H groups in total. The first kappa shape index (κ1) is 26.5. The number of methoxy groups -OCH3 is 2. The van der Waals surface area contributed by atoms with Gasteiger partial charge < -0.3 is 29.0 Å². The lowest BCUT2D eigenvalue weighted by Crippen LogP contribution is -2.29. The fraction of sp³-hybridized carbons (Fsp3) is 0.214. The molecule has 1 atom stereocenters. The number of anilines is 2. The molecule has 5 rings (SSSR count). The van der Waals surface area contributed by atoms with Crippen LogP contribution in [0.25, 0.3) is 5.76 Å². The highest BCUT2D eigenvalue weighted by atomic mass is 35.5. The second-order valence-electron chi connectivity index (χ2n) is 8.98. The van der Waals surface area contributed by atoms with Gasteiger partial charge in [0.15, 0.2) is 23.0 Å². The summed E-state index contributed by atoms with van der Waals surface area (Å²) in [6, 6.07) is 12.6. The summed E-state index contributed by atoms with van der Waals surface area (Å²) in [4.78, 5) is 30.4. The second kappa shape index (κ2) is 10.2. The number of ketones is 1. The lowest BCUT2D eigenvalue weighted by atomic mass is 9.94. The molecule has 0 aromatic heterocycles. The minimum atomic E-state index is -0.994. The van der Waals surface area contributed by atoms with E-state index in [0.29, 0.717) is 22.7 Å². The summed E-state index contributed by atoms with van der Waals surface area (Å²) in [5.74, 6) is -1.09. The number of carbonyl (C=O) groups is 2. The zero-order valence-corrected chi connectivity index (χ0v) is 23.0. The Kier molecular flexibility index (Phi) is 6.96. The molecule has 11 heteroatoms. The lowest BCUT2D eigenvalue weighted by Gasteiger charge is -2.26. The van der Waals surface area contributed by atoms with Crippen molar-refractivity contribution in [3.05, 3.63) is 75.3 Å². The first-order valence-corrected chi connectivity index (χ1v) is 12.5. The van der Waals surface area contributed by atoms with Crippen LogP contribution in [0.4, 0.5) is 11.4 Å². The first-order valence-electron chi connectivity index (χ1n) is 11.8. The maximum absolute atomic E-state index is 13.6. The zero-order valence-electron chi connectivity index (χ0n) is 21.5. The molecule has 202 valence electrons. The number of amides is 1. The number of benzene rings is 3. The van der Waals surface area contributed by atoms with Crippen LogP contribution in [-0.4, -0.2) is 51.9 Å². The van der Waals surface area contributed by atoms with E-state index in [1.807, 2.05) is 31.1 Å². The number of rotatable bonds is 6. The lowest BCUT2D eigenvalue weighted by molar-refractivity contribution is -0.132. The minimum absolute atomic E-state index is 0.00550. The van der Waals surface area contributed by atoms with Gasteiger partial charge in [-0.1, -0.05) is 35.3 Å². The van der Waals surface area contributed by atoms with E-state index in [-0.39, 0.29) is 39.5 Å². The molecule has 0 radical (unpaired) electrons. The Labute approximate surface area is 234 Å². The molecule has 9 nitrogen and oxygen atoms in total. The molecule has 2 aliphatic rings. The van der Waals surface area contributed by atoms with E-state index in [9.17, 15) is 14.7 Å². The molecule has 0 bridgehead atoms. The molecule has 1 amide bonds. The van der Waals surface area contributed by atoms with Crippen LogP contribution in [0.5, 0.6) is 23.0 Å². The first-order chi connectivity index (χ1) is 18.7. The maximum Gasteiger partial charge on any atom is 0.300 e. The number of fused-ring (bicyclic) bond motifs is 1. The molecule has 39 heavy (non-hydrogen) atoms. The van der Waals surface area contributed by atoms with Crippen LogP contribution in [0.3, 0.4) is 0 Å². The normalized spacial score (nSPS) is 17.5. The smallest absolute Gasteiger partial charge is 0.300 e. The molecule has 3 aromatic rings. The number of Topliss-reactive ketones (excluding diaryl/α,β-unsaturated/α-hetero) is 1. The maximum atomic E-state index is 13.6. The fourth-order valence-corrected chi connectivity index (χ4v) is 5.38. The van der Waals surface area contributed by atoms with E-state index >= 15 is 0 Å². The van der Waals surface area contributed by atoms with Crippen molar-refractivity contribution < 1.29 is 33.6 Å². The van der Waals surface area contributed by atoms with Crippen molar-refractivity contribution in [2.24, 2.45) is 0 Å². The third-order valence-electron chi connectivity index (χ3n) is 6.60. The Balaban J connectivity index is 1.75. The van der Waals surface area contributed by atoms with E-state index in [2.05, 4.69) is 0 Å². The summed E-state index contributed by atoms with van der Waals surface area (Å²) in [6.45, 7) is 0.0474. The molecule has 1 fully saturated rings. The molecule has 0 spiro atoms. The molecule has 2 heterocycles. The summed E-state index contributed by atoms with van der Waals surface area (Å²) in [7, 11) is 6.54. The summed E-state index contributed by atoms with van der Waals surface area (Å²) < 4.78 is 21.6. The average Bonchev–Trinajstić information content (AvgIpc) is 3.50. The summed E-state index contributed by atoms with van der Waals surface area (Å²) in [5, 5.41) is 11.7. The number of halogens is 2. The van der Waals surface area contributed by atoms with Crippen molar-refractivity contribution in [1.82, 2.24) is 0 Å². The molecular weight excluding hydrogens is 547 g/mol. The number of carbonyl (C=O) groups excluding carboxylic acids is 2. The van der Waals surface area contributed by atoms with Crippen molar-refractivity contribution in [2.45, 2.75) is 6.04 Å². The van der Waals surface area contributed by atoms with E-state index in [1.165, 1.54) is 25.2 Å². The number of aliphatic hydroxyl groups is 1. The Morgan fingerprint density at radius 3 is 2.28 bits per heavy atom. The van der Waals surface area contributed by atoms with Gasteiger partial charge in [-0.3, -0.25) is 14.5 Å². The predicted molar refractivity (Wildman–Crippen MR) is 148 cm³/mol. The van der Waals surface area contributed by atoms with E-state index in [1.54, 1.807) is 30.3 Å². The van der Waals surface area contributed by atoms with E-state index in [4.69, 9.17) is 42.1 Å². The Hall–Kier alpha value is -4.08. The Bertz CT molecular complexity index is 1520. The standard InChI is InChI=1S/C28H24Cl2N2O7/c1-31(2)15-7-5-14(6-8-15)23-21(24(33)17-12-18(29)27(37-4)22(30)26(17)36-3)25(34)28(35)32(23)16-9-10-19-20(11-16)39-13-38-19/h5-12,23,33H,13H2,1-4H3/b24-21+. The van der Waals surface area contributed by atoms with Gasteiger partial charge in [-0.2, -0.15) is 0 Å². The number of hydrogen-bond acceptors (Lipinski definition) is 8. The number of ether oxygens (including phenoxy) is 4. The average molecular weight is 571 g/mol. The fourth-order valence-electron chi connectivity index (χ4n) is 4.70. The highest BCUT2D eigenvalue weighted by Crippen LogP contribution is 2.49. The quantitative estimate of drug-likeness (QED) is 0.238. The monoisotopic (exact) mass is 570 g/mol. The molecule has 1 unspecified atom stereocenters. The largest absolute Gasteiger partial charge is 0.507 e. The summed E-state index contributed by atoms with van der Waals surface area (Å²) >= 11 is 12.8. The van der Waals surface area contributed by atoms with Crippen LogP contribution in [-0.2, 0) is 9.59 Å². The number of nitrogens with zero attached hydrogens (tertiary/aromatic N) is 2. The third kappa shape index (κ3) is 4.37. The zero-order chi connectivity index (χ0) is 28.0. The van der Waals surface area contributed by atoms with Gasteiger partial charge in [0.25, 0.3) is 11.7 Å². The Morgan fingerprint density at radius 2 is 1.64 bits per heavy atom. The van der Waals surface area contributed by atoms with Gasteiger partial charge in [0.2, 0.25) is 6.79 Å². The van der Waals surface area contributed by atoms with Gasteiger partial charge in [-0.25, -0.2) is 0 Å². The highest BCUT2D eigenvalue weighted by Gasteiger charge is 2.47. The molecule has 0 saturated carbocycles. The summed E-state index contributed by atoms with van der Waals surface area (Å²) in [5.41, 5.74) is 1.76. The van der Waals surface area contributed by atoms with Crippen molar-refractivity contribution in [3.63, 3.8) is 0 Å². The van der Waals surface area contributed by atoms with Crippen LogP contribution in [0, 0.1) is 0 Å². The van der Waals surface area contributed by atoms with Gasteiger partial charge in [-0.15, -0.1) is 0 Å². The van der Waals surface area contributed by atoms with Gasteiger partial charge in [0.05, 0.1) is 36.4 Å². The van der Waals surface area contributed by atoms with Crippen molar-refractivity contribution in [3.8, 4) is 23.0 Å². The topological polar surface area (TPSA) is 97.8 Å². The minimum Gasteiger partial charge on any atom is -0.507 e. The molecule has 2 aliphatic heterocycles. The van der Waals surface area contributed by atoms with Gasteiger partial charge in [0.1, 0.15) is 10.8 Å².